The van der Waals surface area contributed by atoms with Gasteiger partial charge in [0.2, 0.25) is 0 Å². The number of hydrogen-bond acceptors (Lipinski definition) is 5. The molecule has 180 valence electrons. The summed E-state index contributed by atoms with van der Waals surface area (Å²) in [5.41, 5.74) is 4.60. The number of fused-ring (bicyclic) bond motifs is 3. The molecular formula is C27H26N2O6. The summed E-state index contributed by atoms with van der Waals surface area (Å²) in [6, 6.07) is 19.4. The molecule has 8 heteroatoms. The number of furan rings is 1. The summed E-state index contributed by atoms with van der Waals surface area (Å²) in [4.78, 5) is 37.8. The number of nitrogens with one attached hydrogen (secondary N) is 1. The molecule has 0 saturated carbocycles. The maximum Gasteiger partial charge on any atom is 0.407 e. The number of amides is 2. The normalized spacial score (nSPS) is 16.9. The Hall–Kier alpha value is -4.07. The summed E-state index contributed by atoms with van der Waals surface area (Å²) in [5, 5.41) is 11.9. The van der Waals surface area contributed by atoms with Gasteiger partial charge in [0.25, 0.3) is 5.91 Å². The van der Waals surface area contributed by atoms with Gasteiger partial charge in [0, 0.05) is 19.0 Å². The second-order valence-corrected chi connectivity index (χ2v) is 8.87. The smallest absolute Gasteiger partial charge is 0.407 e. The first-order chi connectivity index (χ1) is 17.0. The van der Waals surface area contributed by atoms with Crippen molar-refractivity contribution in [2.24, 2.45) is 5.92 Å². The monoisotopic (exact) mass is 474 g/mol. The second kappa shape index (κ2) is 9.66. The zero-order valence-corrected chi connectivity index (χ0v) is 19.1. The van der Waals surface area contributed by atoms with Gasteiger partial charge in [0.05, 0.1) is 12.5 Å². The Kier molecular flexibility index (Phi) is 6.27. The van der Waals surface area contributed by atoms with Crippen LogP contribution in [0.15, 0.2) is 65.1 Å². The van der Waals surface area contributed by atoms with Crippen LogP contribution in [0.3, 0.4) is 0 Å². The molecule has 2 aliphatic rings. The number of benzene rings is 2. The van der Waals surface area contributed by atoms with E-state index in [4.69, 9.17) is 9.15 Å². The number of hydrogen-bond donors (Lipinski definition) is 2. The number of piperidine rings is 1. The van der Waals surface area contributed by atoms with E-state index in [-0.39, 0.29) is 37.3 Å². The number of carbonyl (C=O) groups excluding carboxylic acids is 2. The molecule has 35 heavy (non-hydrogen) atoms. The highest BCUT2D eigenvalue weighted by atomic mass is 16.5. The standard InChI is InChI=1S/C27H26N2O6/c30-25(29-13-5-6-17(15-29)26(31)32)24-12-11-18(35-24)14-28-27(33)34-16-23-21-9-3-1-7-19(21)20-8-2-4-10-22(20)23/h1-4,7-12,17,23H,5-6,13-16H2,(H,28,33)(H,31,32). The van der Waals surface area contributed by atoms with E-state index in [1.54, 1.807) is 12.1 Å². The number of aliphatic carboxylic acids is 1. The van der Waals surface area contributed by atoms with Crippen LogP contribution in [0.25, 0.3) is 11.1 Å². The summed E-state index contributed by atoms with van der Waals surface area (Å²) < 4.78 is 11.1. The Morgan fingerprint density at radius 2 is 1.69 bits per heavy atom. The molecule has 1 atom stereocenters. The Morgan fingerprint density at radius 3 is 2.37 bits per heavy atom. The van der Waals surface area contributed by atoms with Gasteiger partial charge in [-0.1, -0.05) is 48.5 Å². The van der Waals surface area contributed by atoms with E-state index in [0.29, 0.717) is 25.1 Å². The van der Waals surface area contributed by atoms with Gasteiger partial charge in [-0.25, -0.2) is 4.79 Å². The lowest BCUT2D eigenvalue weighted by Gasteiger charge is -2.29. The van der Waals surface area contributed by atoms with Crippen LogP contribution in [-0.4, -0.2) is 47.7 Å². The van der Waals surface area contributed by atoms with Crippen molar-refractivity contribution in [1.82, 2.24) is 10.2 Å². The Labute approximate surface area is 202 Å². The molecule has 1 saturated heterocycles. The van der Waals surface area contributed by atoms with E-state index in [1.165, 1.54) is 4.90 Å². The molecular weight excluding hydrogens is 448 g/mol. The van der Waals surface area contributed by atoms with Gasteiger partial charge in [-0.05, 0) is 47.2 Å². The fraction of sp³-hybridized carbons (Fsp3) is 0.296. The molecule has 3 aromatic rings. The number of likely N-dealkylation sites (tertiary alicyclic amines) is 1. The molecule has 1 aromatic heterocycles. The van der Waals surface area contributed by atoms with Gasteiger partial charge in [-0.2, -0.15) is 0 Å². The fourth-order valence-corrected chi connectivity index (χ4v) is 4.92. The number of ether oxygens (including phenoxy) is 1. The van der Waals surface area contributed by atoms with Crippen LogP contribution in [0.5, 0.6) is 0 Å². The third-order valence-electron chi connectivity index (χ3n) is 6.68. The van der Waals surface area contributed by atoms with E-state index in [2.05, 4.69) is 29.6 Å². The molecule has 8 nitrogen and oxygen atoms in total. The SMILES string of the molecule is O=C(NCc1ccc(C(=O)N2CCCC(C(=O)O)C2)o1)OCC1c2ccccc2-c2ccccc21. The Morgan fingerprint density at radius 1 is 1.00 bits per heavy atom. The highest BCUT2D eigenvalue weighted by Gasteiger charge is 2.30. The van der Waals surface area contributed by atoms with Gasteiger partial charge >= 0.3 is 12.1 Å². The molecule has 2 heterocycles. The highest BCUT2D eigenvalue weighted by Crippen LogP contribution is 2.44. The number of carbonyl (C=O) groups is 3. The van der Waals surface area contributed by atoms with Crippen molar-refractivity contribution in [2.45, 2.75) is 25.3 Å². The average Bonchev–Trinajstić information content (AvgIpc) is 3.49. The van der Waals surface area contributed by atoms with E-state index in [1.807, 2.05) is 24.3 Å². The van der Waals surface area contributed by atoms with Crippen molar-refractivity contribution in [2.75, 3.05) is 19.7 Å². The number of carboxylic acids is 1. The van der Waals surface area contributed by atoms with E-state index < -0.39 is 18.0 Å². The lowest BCUT2D eigenvalue weighted by atomic mass is 9.98. The second-order valence-electron chi connectivity index (χ2n) is 8.87. The fourth-order valence-electron chi connectivity index (χ4n) is 4.92. The molecule has 0 spiro atoms. The van der Waals surface area contributed by atoms with Crippen LogP contribution in [0.1, 0.15) is 46.2 Å². The first kappa shape index (κ1) is 22.7. The van der Waals surface area contributed by atoms with Crippen molar-refractivity contribution in [1.29, 1.82) is 0 Å². The average molecular weight is 475 g/mol. The maximum absolute atomic E-state index is 12.7. The summed E-state index contributed by atoms with van der Waals surface area (Å²) in [6.45, 7) is 0.946. The third kappa shape index (κ3) is 4.64. The van der Waals surface area contributed by atoms with Crippen LogP contribution < -0.4 is 5.32 Å². The van der Waals surface area contributed by atoms with E-state index in [0.717, 1.165) is 22.3 Å². The number of nitrogens with zero attached hydrogens (tertiary/aromatic N) is 1. The minimum Gasteiger partial charge on any atom is -0.481 e. The molecule has 0 radical (unpaired) electrons. The summed E-state index contributed by atoms with van der Waals surface area (Å²) >= 11 is 0. The van der Waals surface area contributed by atoms with Crippen molar-refractivity contribution in [3.05, 3.63) is 83.3 Å². The molecule has 1 unspecified atom stereocenters. The van der Waals surface area contributed by atoms with Crippen molar-refractivity contribution >= 4 is 18.0 Å². The van der Waals surface area contributed by atoms with Crippen LogP contribution in [0, 0.1) is 5.92 Å². The van der Waals surface area contributed by atoms with Crippen LogP contribution in [-0.2, 0) is 16.1 Å². The molecule has 5 rings (SSSR count). The number of alkyl carbamates (subject to hydrolysis) is 1. The Bertz CT molecular complexity index is 1220. The highest BCUT2D eigenvalue weighted by molar-refractivity contribution is 5.92. The molecule has 1 aliphatic heterocycles. The van der Waals surface area contributed by atoms with Gasteiger partial charge in [-0.3, -0.25) is 9.59 Å². The lowest BCUT2D eigenvalue weighted by molar-refractivity contribution is -0.143. The van der Waals surface area contributed by atoms with Crippen molar-refractivity contribution in [3.8, 4) is 11.1 Å². The molecule has 2 N–H and O–H groups in total. The van der Waals surface area contributed by atoms with E-state index in [9.17, 15) is 19.5 Å². The predicted molar refractivity (Wildman–Crippen MR) is 127 cm³/mol. The Balaban J connectivity index is 1.15. The van der Waals surface area contributed by atoms with Crippen LogP contribution in [0.4, 0.5) is 4.79 Å². The molecule has 0 bridgehead atoms. The van der Waals surface area contributed by atoms with Gasteiger partial charge < -0.3 is 24.5 Å². The summed E-state index contributed by atoms with van der Waals surface area (Å²) in [5.74, 6) is -1.29. The van der Waals surface area contributed by atoms with Gasteiger partial charge in [0.1, 0.15) is 12.4 Å². The zero-order chi connectivity index (χ0) is 24.4. The van der Waals surface area contributed by atoms with Gasteiger partial charge in [0.15, 0.2) is 5.76 Å². The minimum atomic E-state index is -0.894. The van der Waals surface area contributed by atoms with Crippen LogP contribution in [0.2, 0.25) is 0 Å². The zero-order valence-electron chi connectivity index (χ0n) is 19.1. The molecule has 2 aromatic carbocycles. The summed E-state index contributed by atoms with van der Waals surface area (Å²) in [6.07, 6.45) is 0.628. The van der Waals surface area contributed by atoms with Crippen molar-refractivity contribution in [3.63, 3.8) is 0 Å². The maximum atomic E-state index is 12.7. The van der Waals surface area contributed by atoms with Crippen molar-refractivity contribution < 1.29 is 28.6 Å². The quantitative estimate of drug-likeness (QED) is 0.553. The molecule has 1 aliphatic carbocycles. The van der Waals surface area contributed by atoms with Crippen LogP contribution >= 0.6 is 0 Å². The first-order valence-electron chi connectivity index (χ1n) is 11.7. The first-order valence-corrected chi connectivity index (χ1v) is 11.7. The predicted octanol–water partition coefficient (Wildman–Crippen LogP) is 4.26. The number of rotatable bonds is 6. The molecule has 1 fully saturated rings. The third-order valence-corrected chi connectivity index (χ3v) is 6.68. The lowest BCUT2D eigenvalue weighted by Crippen LogP contribution is -2.42. The number of carboxylic acid groups (broad SMARTS) is 1. The minimum absolute atomic E-state index is 0.0276. The van der Waals surface area contributed by atoms with Gasteiger partial charge in [-0.15, -0.1) is 0 Å². The van der Waals surface area contributed by atoms with E-state index >= 15 is 0 Å². The summed E-state index contributed by atoms with van der Waals surface area (Å²) in [7, 11) is 0. The topological polar surface area (TPSA) is 109 Å². The molecule has 2 amide bonds. The largest absolute Gasteiger partial charge is 0.481 e.